The fraction of sp³-hybridized carbons (Fsp3) is 0.562. The molecule has 0 amide bonds. The molecule has 2 heteroatoms. The molecule has 18 heavy (non-hydrogen) atoms. The highest BCUT2D eigenvalue weighted by atomic mass is 16.5. The van der Waals surface area contributed by atoms with Crippen LogP contribution in [0.3, 0.4) is 0 Å². The first-order valence-corrected chi connectivity index (χ1v) is 6.47. The van der Waals surface area contributed by atoms with Crippen molar-refractivity contribution in [2.24, 2.45) is 0 Å². The first-order chi connectivity index (χ1) is 8.34. The molecule has 0 aliphatic rings. The van der Waals surface area contributed by atoms with Crippen molar-refractivity contribution >= 4 is 5.78 Å². The Kier molecular flexibility index (Phi) is 5.09. The number of ketones is 1. The first-order valence-electron chi connectivity index (χ1n) is 6.47. The molecule has 0 N–H and O–H groups in total. The van der Waals surface area contributed by atoms with Crippen molar-refractivity contribution in [1.82, 2.24) is 0 Å². The lowest BCUT2D eigenvalue weighted by molar-refractivity contribution is -0.119. The van der Waals surface area contributed by atoms with E-state index in [9.17, 15) is 4.79 Å². The molecule has 100 valence electrons. The molecule has 0 radical (unpaired) electrons. The minimum atomic E-state index is -0.211. The van der Waals surface area contributed by atoms with Crippen molar-refractivity contribution in [3.63, 3.8) is 0 Å². The second kappa shape index (κ2) is 6.14. The number of carbonyl (C=O) groups excluding carboxylic acids is 1. The molecule has 0 aliphatic carbocycles. The molecule has 1 aromatic carbocycles. The average Bonchev–Trinajstić information content (AvgIpc) is 2.31. The van der Waals surface area contributed by atoms with E-state index in [2.05, 4.69) is 32.0 Å². The predicted molar refractivity (Wildman–Crippen MR) is 74.9 cm³/mol. The van der Waals surface area contributed by atoms with E-state index in [4.69, 9.17) is 4.74 Å². The largest absolute Gasteiger partial charge is 0.379 e. The van der Waals surface area contributed by atoms with Crippen LogP contribution >= 0.6 is 0 Å². The number of benzene rings is 1. The number of rotatable bonds is 6. The van der Waals surface area contributed by atoms with Gasteiger partial charge < -0.3 is 4.74 Å². The van der Waals surface area contributed by atoms with Gasteiger partial charge >= 0.3 is 0 Å². The van der Waals surface area contributed by atoms with E-state index in [1.54, 1.807) is 7.11 Å². The normalized spacial score (nSPS) is 11.6. The Morgan fingerprint density at radius 3 is 2.56 bits per heavy atom. The number of methoxy groups -OCH3 is 1. The van der Waals surface area contributed by atoms with Crippen LogP contribution in [0.15, 0.2) is 18.2 Å². The predicted octanol–water partition coefficient (Wildman–Crippen LogP) is 3.62. The van der Waals surface area contributed by atoms with Crippen molar-refractivity contribution in [2.75, 3.05) is 7.11 Å². The van der Waals surface area contributed by atoms with Gasteiger partial charge in [0.05, 0.1) is 5.60 Å². The lowest BCUT2D eigenvalue weighted by atomic mass is 9.95. The van der Waals surface area contributed by atoms with E-state index in [-0.39, 0.29) is 11.4 Å². The van der Waals surface area contributed by atoms with Crippen LogP contribution in [0.25, 0.3) is 0 Å². The summed E-state index contributed by atoms with van der Waals surface area (Å²) in [5.74, 6) is 0.286. The molecule has 0 spiro atoms. The third-order valence-corrected chi connectivity index (χ3v) is 3.45. The van der Waals surface area contributed by atoms with E-state index >= 15 is 0 Å². The van der Waals surface area contributed by atoms with Gasteiger partial charge in [-0.2, -0.15) is 0 Å². The molecular formula is C16H24O2. The van der Waals surface area contributed by atoms with Crippen LogP contribution in [0.4, 0.5) is 0 Å². The molecule has 0 heterocycles. The fourth-order valence-corrected chi connectivity index (χ4v) is 1.83. The van der Waals surface area contributed by atoms with Gasteiger partial charge in [-0.05, 0) is 45.2 Å². The number of Topliss-reactive ketones (excluding diaryl/α,β-unsaturated/α-hetero) is 1. The Labute approximate surface area is 110 Å². The zero-order valence-corrected chi connectivity index (χ0v) is 12.2. The van der Waals surface area contributed by atoms with Gasteiger partial charge in [-0.3, -0.25) is 4.79 Å². The topological polar surface area (TPSA) is 26.3 Å². The Morgan fingerprint density at radius 1 is 1.28 bits per heavy atom. The summed E-state index contributed by atoms with van der Waals surface area (Å²) in [6.45, 7) is 8.14. The Bertz CT molecular complexity index is 419. The van der Waals surface area contributed by atoms with Crippen LogP contribution < -0.4 is 0 Å². The van der Waals surface area contributed by atoms with Crippen LogP contribution in [0.1, 0.15) is 43.4 Å². The van der Waals surface area contributed by atoms with Crippen molar-refractivity contribution in [1.29, 1.82) is 0 Å². The van der Waals surface area contributed by atoms with Crippen molar-refractivity contribution in [2.45, 2.75) is 52.6 Å². The molecule has 0 unspecified atom stereocenters. The lowest BCUT2D eigenvalue weighted by Crippen LogP contribution is -2.23. The van der Waals surface area contributed by atoms with E-state index in [0.29, 0.717) is 12.8 Å². The Balaban J connectivity index is 2.57. The highest BCUT2D eigenvalue weighted by molar-refractivity contribution is 5.81. The summed E-state index contributed by atoms with van der Waals surface area (Å²) < 4.78 is 5.33. The highest BCUT2D eigenvalue weighted by Crippen LogP contribution is 2.18. The van der Waals surface area contributed by atoms with Gasteiger partial charge in [0, 0.05) is 20.0 Å². The molecule has 1 aromatic rings. The highest BCUT2D eigenvalue weighted by Gasteiger charge is 2.18. The van der Waals surface area contributed by atoms with Crippen LogP contribution in [0.5, 0.6) is 0 Å². The maximum absolute atomic E-state index is 12.0. The molecule has 0 atom stereocenters. The second-order valence-corrected chi connectivity index (χ2v) is 5.61. The molecule has 0 aliphatic heterocycles. The zero-order chi connectivity index (χ0) is 13.8. The molecule has 0 bridgehead atoms. The van der Waals surface area contributed by atoms with Crippen LogP contribution in [-0.2, 0) is 16.0 Å². The zero-order valence-electron chi connectivity index (χ0n) is 12.2. The van der Waals surface area contributed by atoms with Gasteiger partial charge in [-0.1, -0.05) is 23.8 Å². The Morgan fingerprint density at radius 2 is 1.94 bits per heavy atom. The summed E-state index contributed by atoms with van der Waals surface area (Å²) in [4.78, 5) is 12.0. The standard InChI is InChI=1S/C16H24O2/c1-12-6-7-13(2)14(10-12)11-15(17)8-9-16(3,4)18-5/h6-7,10H,8-9,11H2,1-5H3. The van der Waals surface area contributed by atoms with Gasteiger partial charge in [-0.25, -0.2) is 0 Å². The number of ether oxygens (including phenoxy) is 1. The molecule has 2 nitrogen and oxygen atoms in total. The number of carbonyl (C=O) groups is 1. The van der Waals surface area contributed by atoms with Crippen LogP contribution in [0, 0.1) is 13.8 Å². The number of hydrogen-bond donors (Lipinski definition) is 0. The maximum atomic E-state index is 12.0. The van der Waals surface area contributed by atoms with E-state index < -0.39 is 0 Å². The monoisotopic (exact) mass is 248 g/mol. The number of hydrogen-bond acceptors (Lipinski definition) is 2. The summed E-state index contributed by atoms with van der Waals surface area (Å²) >= 11 is 0. The van der Waals surface area contributed by atoms with Gasteiger partial charge in [0.1, 0.15) is 5.78 Å². The molecule has 1 rings (SSSR count). The summed E-state index contributed by atoms with van der Waals surface area (Å²) in [6.07, 6.45) is 1.88. The summed E-state index contributed by atoms with van der Waals surface area (Å²) in [7, 11) is 1.69. The van der Waals surface area contributed by atoms with Gasteiger partial charge in [0.25, 0.3) is 0 Å². The summed E-state index contributed by atoms with van der Waals surface area (Å²) in [6, 6.07) is 6.27. The van der Waals surface area contributed by atoms with E-state index in [0.717, 1.165) is 12.0 Å². The summed E-state index contributed by atoms with van der Waals surface area (Å²) in [5, 5.41) is 0. The summed E-state index contributed by atoms with van der Waals surface area (Å²) in [5.41, 5.74) is 3.34. The third-order valence-electron chi connectivity index (χ3n) is 3.45. The van der Waals surface area contributed by atoms with E-state index in [1.165, 1.54) is 11.1 Å². The fourth-order valence-electron chi connectivity index (χ4n) is 1.83. The minimum Gasteiger partial charge on any atom is -0.379 e. The SMILES string of the molecule is COC(C)(C)CCC(=O)Cc1cc(C)ccc1C. The molecule has 0 saturated heterocycles. The van der Waals surface area contributed by atoms with E-state index in [1.807, 2.05) is 13.8 Å². The van der Waals surface area contributed by atoms with Gasteiger partial charge in [0.2, 0.25) is 0 Å². The Hall–Kier alpha value is -1.15. The van der Waals surface area contributed by atoms with Crippen LogP contribution in [0.2, 0.25) is 0 Å². The van der Waals surface area contributed by atoms with Crippen LogP contribution in [-0.4, -0.2) is 18.5 Å². The van der Waals surface area contributed by atoms with Crippen molar-refractivity contribution < 1.29 is 9.53 Å². The molecular weight excluding hydrogens is 224 g/mol. The quantitative estimate of drug-likeness (QED) is 0.768. The lowest BCUT2D eigenvalue weighted by Gasteiger charge is -2.22. The third kappa shape index (κ3) is 4.61. The van der Waals surface area contributed by atoms with Gasteiger partial charge in [-0.15, -0.1) is 0 Å². The second-order valence-electron chi connectivity index (χ2n) is 5.61. The molecule has 0 fully saturated rings. The van der Waals surface area contributed by atoms with Crippen molar-refractivity contribution in [3.8, 4) is 0 Å². The molecule has 0 saturated carbocycles. The maximum Gasteiger partial charge on any atom is 0.137 e. The van der Waals surface area contributed by atoms with Crippen molar-refractivity contribution in [3.05, 3.63) is 34.9 Å². The van der Waals surface area contributed by atoms with Gasteiger partial charge in [0.15, 0.2) is 0 Å². The minimum absolute atomic E-state index is 0.211. The first kappa shape index (κ1) is 14.9. The number of aryl methyl sites for hydroxylation is 2. The smallest absolute Gasteiger partial charge is 0.137 e. The average molecular weight is 248 g/mol. The molecule has 0 aromatic heterocycles.